The van der Waals surface area contributed by atoms with E-state index < -0.39 is 5.60 Å². The van der Waals surface area contributed by atoms with Crippen LogP contribution >= 0.6 is 0 Å². The molecule has 2 unspecified atom stereocenters. The van der Waals surface area contributed by atoms with Gasteiger partial charge in [-0.25, -0.2) is 0 Å². The summed E-state index contributed by atoms with van der Waals surface area (Å²) >= 11 is 0. The van der Waals surface area contributed by atoms with E-state index in [1.54, 1.807) is 0 Å². The molecule has 1 aromatic rings. The van der Waals surface area contributed by atoms with Gasteiger partial charge in [0, 0.05) is 0 Å². The van der Waals surface area contributed by atoms with Gasteiger partial charge in [0.15, 0.2) is 0 Å². The highest BCUT2D eigenvalue weighted by molar-refractivity contribution is 5.40. The lowest BCUT2D eigenvalue weighted by atomic mass is 9.61. The molecule has 0 amide bonds. The number of hydrogen-bond donors (Lipinski definition) is 1. The Bertz CT molecular complexity index is 495. The summed E-state index contributed by atoms with van der Waals surface area (Å²) in [6.07, 6.45) is 4.41. The maximum Gasteiger partial charge on any atom is 0.0932 e. The van der Waals surface area contributed by atoms with Crippen molar-refractivity contribution in [3.63, 3.8) is 0 Å². The van der Waals surface area contributed by atoms with E-state index in [1.807, 2.05) is 0 Å². The van der Waals surface area contributed by atoms with Gasteiger partial charge in [0.1, 0.15) is 0 Å². The normalized spacial score (nSPS) is 27.6. The van der Waals surface area contributed by atoms with E-state index >= 15 is 0 Å². The summed E-state index contributed by atoms with van der Waals surface area (Å²) in [4.78, 5) is 0. The standard InChI is InChI=1S/C19H30O/c1-13-11-15(3)16(12-14(13)2)19(20)10-8-7-9-17(19)18(4,5)6/h11-12,17,20H,7-10H2,1-6H3. The van der Waals surface area contributed by atoms with Gasteiger partial charge in [0.2, 0.25) is 0 Å². The van der Waals surface area contributed by atoms with E-state index in [1.165, 1.54) is 28.7 Å². The molecule has 1 fully saturated rings. The monoisotopic (exact) mass is 274 g/mol. The number of aliphatic hydroxyl groups is 1. The number of hydrogen-bond acceptors (Lipinski definition) is 1. The van der Waals surface area contributed by atoms with Gasteiger partial charge < -0.3 is 5.11 Å². The topological polar surface area (TPSA) is 20.2 Å². The second kappa shape index (κ2) is 5.18. The van der Waals surface area contributed by atoms with Crippen LogP contribution < -0.4 is 0 Å². The molecule has 2 atom stereocenters. The average molecular weight is 274 g/mol. The van der Waals surface area contributed by atoms with Crippen LogP contribution in [0.15, 0.2) is 12.1 Å². The highest BCUT2D eigenvalue weighted by atomic mass is 16.3. The smallest absolute Gasteiger partial charge is 0.0932 e. The van der Waals surface area contributed by atoms with E-state index in [2.05, 4.69) is 53.7 Å². The lowest BCUT2D eigenvalue weighted by Crippen LogP contribution is -2.45. The summed E-state index contributed by atoms with van der Waals surface area (Å²) in [7, 11) is 0. The van der Waals surface area contributed by atoms with Crippen LogP contribution in [0, 0.1) is 32.1 Å². The molecule has 0 aromatic heterocycles. The molecule has 1 aliphatic rings. The molecular weight excluding hydrogens is 244 g/mol. The predicted octanol–water partition coefficient (Wildman–Crippen LogP) is 5.04. The first-order chi connectivity index (χ1) is 9.16. The summed E-state index contributed by atoms with van der Waals surface area (Å²) in [5.41, 5.74) is 4.50. The molecule has 0 radical (unpaired) electrons. The fourth-order valence-electron chi connectivity index (χ4n) is 4.05. The molecule has 1 heteroatoms. The van der Waals surface area contributed by atoms with Gasteiger partial charge in [0.25, 0.3) is 0 Å². The van der Waals surface area contributed by atoms with E-state index in [4.69, 9.17) is 0 Å². The van der Waals surface area contributed by atoms with Gasteiger partial charge in [-0.2, -0.15) is 0 Å². The molecule has 2 rings (SSSR count). The molecular formula is C19H30O. The average Bonchev–Trinajstić information content (AvgIpc) is 2.32. The van der Waals surface area contributed by atoms with Crippen LogP contribution in [0.4, 0.5) is 0 Å². The van der Waals surface area contributed by atoms with E-state index in [0.717, 1.165) is 19.3 Å². The Labute approximate surface area is 124 Å². The Morgan fingerprint density at radius 2 is 1.60 bits per heavy atom. The summed E-state index contributed by atoms with van der Waals surface area (Å²) in [6.45, 7) is 13.3. The third kappa shape index (κ3) is 2.65. The molecule has 1 nitrogen and oxygen atoms in total. The van der Waals surface area contributed by atoms with E-state index in [9.17, 15) is 5.11 Å². The quantitative estimate of drug-likeness (QED) is 0.761. The lowest BCUT2D eigenvalue weighted by Gasteiger charge is -2.48. The lowest BCUT2D eigenvalue weighted by molar-refractivity contribution is -0.0963. The number of aryl methyl sites for hydroxylation is 3. The fraction of sp³-hybridized carbons (Fsp3) is 0.684. The Morgan fingerprint density at radius 3 is 2.20 bits per heavy atom. The van der Waals surface area contributed by atoms with Crippen molar-refractivity contribution in [3.8, 4) is 0 Å². The highest BCUT2D eigenvalue weighted by Gasteiger charge is 2.46. The Balaban J connectivity index is 2.54. The van der Waals surface area contributed by atoms with Crippen LogP contribution in [0.3, 0.4) is 0 Å². The van der Waals surface area contributed by atoms with Crippen molar-refractivity contribution in [2.75, 3.05) is 0 Å². The van der Waals surface area contributed by atoms with Crippen LogP contribution in [0.1, 0.15) is 68.7 Å². The summed E-state index contributed by atoms with van der Waals surface area (Å²) in [5.74, 6) is 0.338. The molecule has 1 aliphatic carbocycles. The first kappa shape index (κ1) is 15.6. The van der Waals surface area contributed by atoms with Crippen LogP contribution in [0.5, 0.6) is 0 Å². The highest BCUT2D eigenvalue weighted by Crippen LogP contribution is 2.50. The molecule has 20 heavy (non-hydrogen) atoms. The SMILES string of the molecule is Cc1cc(C)c(C2(O)CCCCC2C(C)(C)C)cc1C. The minimum absolute atomic E-state index is 0.139. The third-order valence-corrected chi connectivity index (χ3v) is 5.23. The van der Waals surface area contributed by atoms with Crippen molar-refractivity contribution in [1.82, 2.24) is 0 Å². The van der Waals surface area contributed by atoms with E-state index in [0.29, 0.717) is 5.92 Å². The minimum Gasteiger partial charge on any atom is -0.385 e. The second-order valence-corrected chi connectivity index (χ2v) is 7.84. The van der Waals surface area contributed by atoms with Crippen LogP contribution in [0.2, 0.25) is 0 Å². The van der Waals surface area contributed by atoms with Gasteiger partial charge in [-0.1, -0.05) is 45.7 Å². The summed E-state index contributed by atoms with van der Waals surface area (Å²) < 4.78 is 0. The molecule has 1 saturated carbocycles. The Hall–Kier alpha value is -0.820. The molecule has 1 aromatic carbocycles. The third-order valence-electron chi connectivity index (χ3n) is 5.23. The molecule has 0 aliphatic heterocycles. The van der Waals surface area contributed by atoms with Crippen molar-refractivity contribution < 1.29 is 5.11 Å². The van der Waals surface area contributed by atoms with Gasteiger partial charge in [-0.3, -0.25) is 0 Å². The first-order valence-electron chi connectivity index (χ1n) is 7.97. The molecule has 0 saturated heterocycles. The summed E-state index contributed by atoms with van der Waals surface area (Å²) in [6, 6.07) is 4.46. The van der Waals surface area contributed by atoms with Crippen LogP contribution in [0.25, 0.3) is 0 Å². The van der Waals surface area contributed by atoms with Crippen molar-refractivity contribution >= 4 is 0 Å². The van der Waals surface area contributed by atoms with Gasteiger partial charge in [-0.05, 0) is 67.2 Å². The predicted molar refractivity (Wildman–Crippen MR) is 86.0 cm³/mol. The number of benzene rings is 1. The largest absolute Gasteiger partial charge is 0.385 e. The summed E-state index contributed by atoms with van der Waals surface area (Å²) in [5, 5.41) is 11.5. The molecule has 0 heterocycles. The maximum absolute atomic E-state index is 11.5. The number of rotatable bonds is 1. The first-order valence-corrected chi connectivity index (χ1v) is 7.97. The van der Waals surface area contributed by atoms with Crippen molar-refractivity contribution in [2.24, 2.45) is 11.3 Å². The van der Waals surface area contributed by atoms with Gasteiger partial charge in [-0.15, -0.1) is 0 Å². The fourth-order valence-corrected chi connectivity index (χ4v) is 4.05. The second-order valence-electron chi connectivity index (χ2n) is 7.84. The van der Waals surface area contributed by atoms with Crippen molar-refractivity contribution in [1.29, 1.82) is 0 Å². The Morgan fingerprint density at radius 1 is 1.00 bits per heavy atom. The molecule has 0 bridgehead atoms. The molecule has 112 valence electrons. The minimum atomic E-state index is -0.654. The Kier molecular flexibility index (Phi) is 4.03. The maximum atomic E-state index is 11.5. The molecule has 0 spiro atoms. The zero-order chi connectivity index (χ0) is 15.1. The zero-order valence-corrected chi connectivity index (χ0v) is 14.0. The van der Waals surface area contributed by atoms with Gasteiger partial charge >= 0.3 is 0 Å². The zero-order valence-electron chi connectivity index (χ0n) is 14.0. The van der Waals surface area contributed by atoms with Crippen molar-refractivity contribution in [3.05, 3.63) is 34.4 Å². The van der Waals surface area contributed by atoms with Gasteiger partial charge in [0.05, 0.1) is 5.60 Å². The molecule has 1 N–H and O–H groups in total. The van der Waals surface area contributed by atoms with Crippen molar-refractivity contribution in [2.45, 2.75) is 72.8 Å². The van der Waals surface area contributed by atoms with E-state index in [-0.39, 0.29) is 5.41 Å². The van der Waals surface area contributed by atoms with Crippen LogP contribution in [-0.2, 0) is 5.60 Å². The van der Waals surface area contributed by atoms with Crippen LogP contribution in [-0.4, -0.2) is 5.11 Å².